The molecule has 1 saturated carbocycles. The maximum Gasteiger partial charge on any atom is 0.251 e. The highest BCUT2D eigenvalue weighted by atomic mass is 79.9. The maximum atomic E-state index is 13.1. The third kappa shape index (κ3) is 3.23. The molecule has 0 heterocycles. The molecule has 0 bridgehead atoms. The van der Waals surface area contributed by atoms with E-state index < -0.39 is 0 Å². The van der Waals surface area contributed by atoms with E-state index in [1.165, 1.54) is 18.2 Å². The Balaban J connectivity index is 2.04. The summed E-state index contributed by atoms with van der Waals surface area (Å²) in [5.41, 5.74) is 0.442. The first-order valence-electron chi connectivity index (χ1n) is 5.98. The number of amides is 1. The van der Waals surface area contributed by atoms with Crippen LogP contribution in [0.4, 0.5) is 4.39 Å². The Morgan fingerprint density at radius 3 is 2.78 bits per heavy atom. The Labute approximate surface area is 119 Å². The van der Waals surface area contributed by atoms with Gasteiger partial charge in [-0.05, 0) is 47.0 Å². The molecule has 0 saturated heterocycles. The number of alkyl halides is 1. The molecule has 18 heavy (non-hydrogen) atoms. The summed E-state index contributed by atoms with van der Waals surface area (Å²) in [6.07, 6.45) is 4.03. The van der Waals surface area contributed by atoms with Gasteiger partial charge in [0.05, 0.1) is 9.85 Å². The van der Waals surface area contributed by atoms with Crippen molar-refractivity contribution in [2.24, 2.45) is 0 Å². The highest BCUT2D eigenvalue weighted by molar-refractivity contribution is 9.10. The van der Waals surface area contributed by atoms with Gasteiger partial charge >= 0.3 is 0 Å². The van der Waals surface area contributed by atoms with Crippen LogP contribution in [0.2, 0.25) is 0 Å². The lowest BCUT2D eigenvalue weighted by Crippen LogP contribution is -2.42. The first kappa shape index (κ1) is 13.8. The number of carbonyl (C=O) groups excluding carboxylic acids is 1. The smallest absolute Gasteiger partial charge is 0.251 e. The van der Waals surface area contributed by atoms with Crippen LogP contribution in [0.3, 0.4) is 0 Å². The molecule has 2 rings (SSSR count). The van der Waals surface area contributed by atoms with Gasteiger partial charge in [-0.1, -0.05) is 12.8 Å². The van der Waals surface area contributed by atoms with Gasteiger partial charge in [-0.3, -0.25) is 4.79 Å². The number of hydrogen-bond acceptors (Lipinski definition) is 1. The van der Waals surface area contributed by atoms with E-state index in [9.17, 15) is 9.18 Å². The van der Waals surface area contributed by atoms with Gasteiger partial charge in [-0.2, -0.15) is 0 Å². The third-order valence-corrected chi connectivity index (χ3v) is 4.31. The molecule has 1 amide bonds. The molecule has 5 heteroatoms. The van der Waals surface area contributed by atoms with E-state index in [2.05, 4.69) is 21.2 Å². The van der Waals surface area contributed by atoms with Gasteiger partial charge in [0.1, 0.15) is 5.82 Å². The molecule has 0 aliphatic heterocycles. The molecule has 2 unspecified atom stereocenters. The van der Waals surface area contributed by atoms with E-state index in [0.29, 0.717) is 10.0 Å². The first-order valence-corrected chi connectivity index (χ1v) is 7.21. The molecule has 1 N–H and O–H groups in total. The second kappa shape index (κ2) is 6.02. The van der Waals surface area contributed by atoms with E-state index in [1.807, 2.05) is 0 Å². The molecule has 0 aromatic heterocycles. The molecular formula is C13H14BrClFNO. The Morgan fingerprint density at radius 1 is 1.39 bits per heavy atom. The van der Waals surface area contributed by atoms with Crippen LogP contribution in [0.15, 0.2) is 22.7 Å². The molecule has 2 nitrogen and oxygen atoms in total. The monoisotopic (exact) mass is 333 g/mol. The molecule has 1 fully saturated rings. The van der Waals surface area contributed by atoms with Gasteiger partial charge in [-0.25, -0.2) is 4.39 Å². The van der Waals surface area contributed by atoms with Crippen LogP contribution in [-0.4, -0.2) is 17.3 Å². The van der Waals surface area contributed by atoms with Crippen molar-refractivity contribution >= 4 is 33.4 Å². The van der Waals surface area contributed by atoms with E-state index in [-0.39, 0.29) is 23.1 Å². The van der Waals surface area contributed by atoms with Gasteiger partial charge < -0.3 is 5.32 Å². The Morgan fingerprint density at radius 2 is 2.11 bits per heavy atom. The van der Waals surface area contributed by atoms with Crippen molar-refractivity contribution in [3.8, 4) is 0 Å². The van der Waals surface area contributed by atoms with Crippen LogP contribution in [0.1, 0.15) is 36.0 Å². The topological polar surface area (TPSA) is 29.1 Å². The fourth-order valence-corrected chi connectivity index (χ4v) is 2.86. The predicted octanol–water partition coefficient (Wildman–Crippen LogP) is 3.87. The normalized spacial score (nSPS) is 23.7. The highest BCUT2D eigenvalue weighted by Gasteiger charge is 2.25. The summed E-state index contributed by atoms with van der Waals surface area (Å²) in [5, 5.41) is 2.91. The van der Waals surface area contributed by atoms with Crippen molar-refractivity contribution < 1.29 is 9.18 Å². The molecule has 98 valence electrons. The molecule has 1 aromatic carbocycles. The molecule has 0 radical (unpaired) electrons. The molecule has 1 aromatic rings. The Bertz CT molecular complexity index is 455. The molecule has 0 spiro atoms. The van der Waals surface area contributed by atoms with Gasteiger partial charge in [0.25, 0.3) is 5.91 Å². The zero-order chi connectivity index (χ0) is 13.1. The fourth-order valence-electron chi connectivity index (χ4n) is 2.14. The van der Waals surface area contributed by atoms with Crippen molar-refractivity contribution in [2.45, 2.75) is 37.1 Å². The average molecular weight is 335 g/mol. The van der Waals surface area contributed by atoms with Crippen LogP contribution in [0.25, 0.3) is 0 Å². The summed E-state index contributed by atoms with van der Waals surface area (Å²) in [6.45, 7) is 0. The van der Waals surface area contributed by atoms with Crippen LogP contribution in [-0.2, 0) is 0 Å². The molecule has 1 aliphatic rings. The Hall–Kier alpha value is -0.610. The van der Waals surface area contributed by atoms with Crippen LogP contribution < -0.4 is 5.32 Å². The van der Waals surface area contributed by atoms with Crippen molar-refractivity contribution in [3.05, 3.63) is 34.1 Å². The molecular weight excluding hydrogens is 321 g/mol. The van der Waals surface area contributed by atoms with Crippen molar-refractivity contribution in [3.63, 3.8) is 0 Å². The van der Waals surface area contributed by atoms with Gasteiger partial charge in [0.2, 0.25) is 0 Å². The molecule has 2 atom stereocenters. The highest BCUT2D eigenvalue weighted by Crippen LogP contribution is 2.23. The summed E-state index contributed by atoms with van der Waals surface area (Å²) < 4.78 is 13.4. The van der Waals surface area contributed by atoms with Gasteiger partial charge in [-0.15, -0.1) is 11.6 Å². The van der Waals surface area contributed by atoms with Crippen molar-refractivity contribution in [1.82, 2.24) is 5.32 Å². The number of hydrogen-bond donors (Lipinski definition) is 1. The number of nitrogens with one attached hydrogen (secondary N) is 1. The minimum absolute atomic E-state index is 0.00779. The van der Waals surface area contributed by atoms with Crippen LogP contribution in [0, 0.1) is 5.82 Å². The standard InChI is InChI=1S/C13H14BrClFNO/c14-9-7-8(5-6-11(9)16)13(18)17-12-4-2-1-3-10(12)15/h5-7,10,12H,1-4H2,(H,17,18). The van der Waals surface area contributed by atoms with E-state index >= 15 is 0 Å². The fraction of sp³-hybridized carbons (Fsp3) is 0.462. The van der Waals surface area contributed by atoms with E-state index in [4.69, 9.17) is 11.6 Å². The lowest BCUT2D eigenvalue weighted by Gasteiger charge is -2.27. The lowest BCUT2D eigenvalue weighted by atomic mass is 9.94. The maximum absolute atomic E-state index is 13.1. The minimum Gasteiger partial charge on any atom is -0.348 e. The third-order valence-electron chi connectivity index (χ3n) is 3.18. The van der Waals surface area contributed by atoms with E-state index in [1.54, 1.807) is 0 Å². The Kier molecular flexibility index (Phi) is 4.62. The number of halogens is 3. The zero-order valence-corrected chi connectivity index (χ0v) is 12.1. The summed E-state index contributed by atoms with van der Waals surface area (Å²) in [4.78, 5) is 12.0. The minimum atomic E-state index is -0.376. The second-order valence-electron chi connectivity index (χ2n) is 4.51. The quantitative estimate of drug-likeness (QED) is 0.817. The van der Waals surface area contributed by atoms with E-state index in [0.717, 1.165) is 25.7 Å². The second-order valence-corrected chi connectivity index (χ2v) is 5.92. The number of benzene rings is 1. The van der Waals surface area contributed by atoms with Crippen molar-refractivity contribution in [2.75, 3.05) is 0 Å². The lowest BCUT2D eigenvalue weighted by molar-refractivity contribution is 0.0928. The predicted molar refractivity (Wildman–Crippen MR) is 73.5 cm³/mol. The zero-order valence-electron chi connectivity index (χ0n) is 9.76. The summed E-state index contributed by atoms with van der Waals surface area (Å²) >= 11 is 9.26. The first-order chi connectivity index (χ1) is 8.58. The van der Waals surface area contributed by atoms with Crippen LogP contribution in [0.5, 0.6) is 0 Å². The number of rotatable bonds is 2. The largest absolute Gasteiger partial charge is 0.348 e. The van der Waals surface area contributed by atoms with Crippen molar-refractivity contribution in [1.29, 1.82) is 0 Å². The SMILES string of the molecule is O=C(NC1CCCCC1Cl)c1ccc(F)c(Br)c1. The number of carbonyl (C=O) groups is 1. The average Bonchev–Trinajstić information content (AvgIpc) is 2.35. The van der Waals surface area contributed by atoms with Crippen LogP contribution >= 0.6 is 27.5 Å². The van der Waals surface area contributed by atoms with Gasteiger partial charge in [0, 0.05) is 11.6 Å². The summed E-state index contributed by atoms with van der Waals surface area (Å²) in [7, 11) is 0. The summed E-state index contributed by atoms with van der Waals surface area (Å²) in [6, 6.07) is 4.24. The summed E-state index contributed by atoms with van der Waals surface area (Å²) in [5.74, 6) is -0.576. The molecule has 1 aliphatic carbocycles. The van der Waals surface area contributed by atoms with Gasteiger partial charge in [0.15, 0.2) is 0 Å².